The van der Waals surface area contributed by atoms with Crippen LogP contribution in [0.1, 0.15) is 33.5 Å². The van der Waals surface area contributed by atoms with E-state index in [1.807, 2.05) is 47.4 Å². The van der Waals surface area contributed by atoms with E-state index in [-0.39, 0.29) is 17.9 Å². The van der Waals surface area contributed by atoms with E-state index in [1.54, 1.807) is 0 Å². The lowest BCUT2D eigenvalue weighted by molar-refractivity contribution is -0.119. The number of hydrogen-bond donors (Lipinski definition) is 1. The molecule has 0 spiro atoms. The quantitative estimate of drug-likeness (QED) is 0.864. The van der Waals surface area contributed by atoms with E-state index in [0.717, 1.165) is 23.4 Å². The molecule has 0 bridgehead atoms. The average molecular weight is 358 g/mol. The Morgan fingerprint density at radius 2 is 2.04 bits per heavy atom. The molecule has 25 heavy (non-hydrogen) atoms. The van der Waals surface area contributed by atoms with Crippen molar-refractivity contribution < 1.29 is 14.3 Å². The summed E-state index contributed by atoms with van der Waals surface area (Å²) in [5, 5.41) is 2.75. The zero-order chi connectivity index (χ0) is 17.6. The molecule has 0 saturated carbocycles. The Hall–Kier alpha value is -2.18. The van der Waals surface area contributed by atoms with Crippen molar-refractivity contribution in [2.75, 3.05) is 13.1 Å². The molecule has 1 fully saturated rings. The van der Waals surface area contributed by atoms with E-state index in [1.165, 1.54) is 18.3 Å². The molecule has 1 aromatic heterocycles. The topological polar surface area (TPSA) is 58.6 Å². The van der Waals surface area contributed by atoms with Gasteiger partial charge in [-0.3, -0.25) is 9.59 Å². The summed E-state index contributed by atoms with van der Waals surface area (Å²) in [4.78, 5) is 27.1. The molecule has 6 heteroatoms. The number of carbonyl (C=O) groups is 2. The van der Waals surface area contributed by atoms with Crippen molar-refractivity contribution in [2.24, 2.45) is 0 Å². The molecule has 0 radical (unpaired) electrons. The number of benzene rings is 1. The number of amides is 2. The van der Waals surface area contributed by atoms with Gasteiger partial charge in [-0.1, -0.05) is 30.3 Å². The van der Waals surface area contributed by atoms with E-state index >= 15 is 0 Å². The third-order valence-electron chi connectivity index (χ3n) is 4.14. The molecule has 1 atom stereocenters. The van der Waals surface area contributed by atoms with Gasteiger partial charge in [0.15, 0.2) is 0 Å². The number of hydrogen-bond acceptors (Lipinski definition) is 4. The highest BCUT2D eigenvalue weighted by molar-refractivity contribution is 7.14. The van der Waals surface area contributed by atoms with Crippen molar-refractivity contribution in [3.05, 3.63) is 57.8 Å². The van der Waals surface area contributed by atoms with E-state index in [0.29, 0.717) is 24.6 Å². The van der Waals surface area contributed by atoms with Crippen molar-refractivity contribution >= 4 is 23.2 Å². The summed E-state index contributed by atoms with van der Waals surface area (Å²) in [5.74, 6) is -0.0240. The van der Waals surface area contributed by atoms with Crippen LogP contribution in [0.25, 0.3) is 0 Å². The second-order valence-electron chi connectivity index (χ2n) is 6.13. The number of carbonyl (C=O) groups excluding carboxylic acids is 2. The molecule has 0 aliphatic carbocycles. The van der Waals surface area contributed by atoms with Crippen LogP contribution in [0.3, 0.4) is 0 Å². The molecule has 1 aliphatic heterocycles. The molecular formula is C19H22N2O3S. The first-order valence-electron chi connectivity index (χ1n) is 8.40. The van der Waals surface area contributed by atoms with Crippen LogP contribution in [0.4, 0.5) is 0 Å². The van der Waals surface area contributed by atoms with Gasteiger partial charge in [0.25, 0.3) is 5.91 Å². The first kappa shape index (κ1) is 17.6. The number of nitrogens with zero attached hydrogens (tertiary/aromatic N) is 1. The summed E-state index contributed by atoms with van der Waals surface area (Å²) >= 11 is 1.43. The summed E-state index contributed by atoms with van der Waals surface area (Å²) in [6.07, 6.45) is 0.950. The zero-order valence-electron chi connectivity index (χ0n) is 14.2. The van der Waals surface area contributed by atoms with Gasteiger partial charge in [-0.15, -0.1) is 11.3 Å². The molecule has 5 nitrogen and oxygen atoms in total. The van der Waals surface area contributed by atoms with Gasteiger partial charge in [-0.25, -0.2) is 0 Å². The highest BCUT2D eigenvalue weighted by Crippen LogP contribution is 2.22. The Morgan fingerprint density at radius 1 is 1.24 bits per heavy atom. The first-order valence-corrected chi connectivity index (χ1v) is 9.21. The Labute approximate surface area is 151 Å². The van der Waals surface area contributed by atoms with Gasteiger partial charge in [-0.05, 0) is 24.1 Å². The molecule has 1 saturated heterocycles. The van der Waals surface area contributed by atoms with Crippen molar-refractivity contribution in [2.45, 2.75) is 32.6 Å². The highest BCUT2D eigenvalue weighted by atomic mass is 32.1. The lowest BCUT2D eigenvalue weighted by Gasteiger charge is -2.16. The summed E-state index contributed by atoms with van der Waals surface area (Å²) < 4.78 is 5.94. The average Bonchev–Trinajstić information content (AvgIpc) is 3.28. The first-order chi connectivity index (χ1) is 12.1. The lowest BCUT2D eigenvalue weighted by atomic mass is 10.2. The maximum atomic E-state index is 12.6. The van der Waals surface area contributed by atoms with Crippen LogP contribution < -0.4 is 5.32 Å². The molecule has 2 amide bonds. The van der Waals surface area contributed by atoms with Gasteiger partial charge >= 0.3 is 0 Å². The molecular weight excluding hydrogens is 336 g/mol. The van der Waals surface area contributed by atoms with Crippen LogP contribution in [0.15, 0.2) is 42.5 Å². The fraction of sp³-hybridized carbons (Fsp3) is 0.368. The van der Waals surface area contributed by atoms with E-state index < -0.39 is 0 Å². The standard InChI is InChI=1S/C19H22N2O3S/c1-14(22)20-11-17-7-8-18(25-17)19(23)21-10-9-16(12-21)24-13-15-5-3-2-4-6-15/h2-8,16H,9-13H2,1H3,(H,20,22). The summed E-state index contributed by atoms with van der Waals surface area (Å²) in [6, 6.07) is 13.8. The Bertz CT molecular complexity index is 729. The van der Waals surface area contributed by atoms with Gasteiger partial charge in [0, 0.05) is 24.9 Å². The predicted molar refractivity (Wildman–Crippen MR) is 97.4 cm³/mol. The molecule has 1 aliphatic rings. The SMILES string of the molecule is CC(=O)NCc1ccc(C(=O)N2CCC(OCc3ccccc3)C2)s1. The Kier molecular flexibility index (Phi) is 5.83. The predicted octanol–water partition coefficient (Wildman–Crippen LogP) is 2.82. The van der Waals surface area contributed by atoms with Crippen molar-refractivity contribution in [1.29, 1.82) is 0 Å². The maximum absolute atomic E-state index is 12.6. The van der Waals surface area contributed by atoms with E-state index in [4.69, 9.17) is 4.74 Å². The summed E-state index contributed by atoms with van der Waals surface area (Å²) in [6.45, 7) is 3.88. The minimum atomic E-state index is -0.0702. The number of thiophene rings is 1. The normalized spacial score (nSPS) is 16.8. The minimum absolute atomic E-state index is 0.0462. The maximum Gasteiger partial charge on any atom is 0.264 e. The van der Waals surface area contributed by atoms with Crippen LogP contribution in [-0.4, -0.2) is 35.9 Å². The van der Waals surface area contributed by atoms with Gasteiger partial charge < -0.3 is 15.0 Å². The molecule has 132 valence electrons. The zero-order valence-corrected chi connectivity index (χ0v) is 15.1. The van der Waals surface area contributed by atoms with E-state index in [9.17, 15) is 9.59 Å². The fourth-order valence-corrected chi connectivity index (χ4v) is 3.71. The lowest BCUT2D eigenvalue weighted by Crippen LogP contribution is -2.29. The number of ether oxygens (including phenoxy) is 1. The van der Waals surface area contributed by atoms with Crippen LogP contribution in [-0.2, 0) is 22.7 Å². The van der Waals surface area contributed by atoms with Gasteiger partial charge in [-0.2, -0.15) is 0 Å². The molecule has 3 rings (SSSR count). The highest BCUT2D eigenvalue weighted by Gasteiger charge is 2.28. The second kappa shape index (κ2) is 8.27. The van der Waals surface area contributed by atoms with Gasteiger partial charge in [0.2, 0.25) is 5.91 Å². The molecule has 2 aromatic rings. The van der Waals surface area contributed by atoms with Crippen LogP contribution in [0.5, 0.6) is 0 Å². The molecule has 2 heterocycles. The third kappa shape index (κ3) is 4.90. The number of nitrogens with one attached hydrogen (secondary N) is 1. The molecule has 1 aromatic carbocycles. The second-order valence-corrected chi connectivity index (χ2v) is 7.30. The largest absolute Gasteiger partial charge is 0.372 e. The molecule has 1 N–H and O–H groups in total. The van der Waals surface area contributed by atoms with Crippen LogP contribution >= 0.6 is 11.3 Å². The van der Waals surface area contributed by atoms with E-state index in [2.05, 4.69) is 5.32 Å². The molecule has 1 unspecified atom stereocenters. The van der Waals surface area contributed by atoms with Crippen molar-refractivity contribution in [1.82, 2.24) is 10.2 Å². The van der Waals surface area contributed by atoms with Crippen molar-refractivity contribution in [3.8, 4) is 0 Å². The monoisotopic (exact) mass is 358 g/mol. The number of likely N-dealkylation sites (tertiary alicyclic amines) is 1. The summed E-state index contributed by atoms with van der Waals surface area (Å²) in [5.41, 5.74) is 1.15. The van der Waals surface area contributed by atoms with Gasteiger partial charge in [0.05, 0.1) is 24.1 Å². The minimum Gasteiger partial charge on any atom is -0.372 e. The van der Waals surface area contributed by atoms with Gasteiger partial charge in [0.1, 0.15) is 0 Å². The third-order valence-corrected chi connectivity index (χ3v) is 5.22. The van der Waals surface area contributed by atoms with Crippen molar-refractivity contribution in [3.63, 3.8) is 0 Å². The van der Waals surface area contributed by atoms with Crippen LogP contribution in [0.2, 0.25) is 0 Å². The summed E-state index contributed by atoms with van der Waals surface area (Å²) in [7, 11) is 0. The Balaban J connectivity index is 1.49. The smallest absolute Gasteiger partial charge is 0.264 e. The van der Waals surface area contributed by atoms with Crippen LogP contribution in [0, 0.1) is 0 Å². The fourth-order valence-electron chi connectivity index (χ4n) is 2.79. The Morgan fingerprint density at radius 3 is 2.80 bits per heavy atom. The number of rotatable bonds is 6.